The second-order valence-electron chi connectivity index (χ2n) is 8.49. The van der Waals surface area contributed by atoms with Gasteiger partial charge >= 0.3 is 0 Å². The molecule has 0 saturated heterocycles. The molecule has 2 N–H and O–H groups in total. The predicted molar refractivity (Wildman–Crippen MR) is 123 cm³/mol. The fourth-order valence-corrected chi connectivity index (χ4v) is 3.72. The average molecular weight is 408 g/mol. The van der Waals surface area contributed by atoms with E-state index in [0.29, 0.717) is 6.54 Å². The van der Waals surface area contributed by atoms with E-state index >= 15 is 0 Å². The van der Waals surface area contributed by atoms with Crippen LogP contribution in [0.5, 0.6) is 5.75 Å². The number of para-hydroxylation sites is 1. The monoisotopic (exact) mass is 407 g/mol. The quantitative estimate of drug-likeness (QED) is 0.502. The Labute approximate surface area is 179 Å². The van der Waals surface area contributed by atoms with Gasteiger partial charge in [-0.15, -0.1) is 0 Å². The molecule has 30 heavy (non-hydrogen) atoms. The standard InChI is InChI=1S/C26H33NO3/c1-19(24-11-7-8-12-25(24)29-4)30-18-23(28)17-27-26(2,3)16-20-13-14-21-9-5-6-10-22(21)15-20/h5-15,19,23,27-28H,16-18H2,1-4H3/t19-,23-/m1/s1. The second kappa shape index (κ2) is 10.1. The van der Waals surface area contributed by atoms with Gasteiger partial charge in [-0.2, -0.15) is 0 Å². The molecule has 4 heteroatoms. The Hall–Kier alpha value is -2.40. The van der Waals surface area contributed by atoms with Crippen LogP contribution in [0.15, 0.2) is 66.7 Å². The molecule has 0 spiro atoms. The normalized spacial score (nSPS) is 13.9. The van der Waals surface area contributed by atoms with Gasteiger partial charge in [0.25, 0.3) is 0 Å². The highest BCUT2D eigenvalue weighted by molar-refractivity contribution is 5.83. The third-order valence-corrected chi connectivity index (χ3v) is 5.39. The molecule has 2 atom stereocenters. The first-order valence-corrected chi connectivity index (χ1v) is 10.5. The summed E-state index contributed by atoms with van der Waals surface area (Å²) in [6.07, 6.45) is 0.141. The summed E-state index contributed by atoms with van der Waals surface area (Å²) in [5, 5.41) is 16.4. The second-order valence-corrected chi connectivity index (χ2v) is 8.49. The zero-order chi connectivity index (χ0) is 21.6. The van der Waals surface area contributed by atoms with Crippen LogP contribution in [-0.4, -0.2) is 37.0 Å². The zero-order valence-corrected chi connectivity index (χ0v) is 18.4. The van der Waals surface area contributed by atoms with E-state index in [-0.39, 0.29) is 18.2 Å². The number of aliphatic hydroxyl groups excluding tert-OH is 1. The summed E-state index contributed by atoms with van der Waals surface area (Å²) in [6, 6.07) is 22.8. The highest BCUT2D eigenvalue weighted by Crippen LogP contribution is 2.27. The van der Waals surface area contributed by atoms with Crippen molar-refractivity contribution >= 4 is 10.8 Å². The minimum absolute atomic E-state index is 0.141. The summed E-state index contributed by atoms with van der Waals surface area (Å²) < 4.78 is 11.3. The minimum atomic E-state index is -0.585. The van der Waals surface area contributed by atoms with Crippen molar-refractivity contribution in [2.24, 2.45) is 0 Å². The molecule has 4 nitrogen and oxygen atoms in total. The van der Waals surface area contributed by atoms with E-state index in [0.717, 1.165) is 17.7 Å². The van der Waals surface area contributed by atoms with Crippen molar-refractivity contribution in [3.8, 4) is 5.75 Å². The van der Waals surface area contributed by atoms with Crippen molar-refractivity contribution in [3.05, 3.63) is 77.9 Å². The van der Waals surface area contributed by atoms with E-state index in [1.165, 1.54) is 16.3 Å². The molecular formula is C26H33NO3. The number of hydrogen-bond acceptors (Lipinski definition) is 4. The van der Waals surface area contributed by atoms with Crippen LogP contribution in [0.25, 0.3) is 10.8 Å². The molecule has 0 heterocycles. The molecule has 0 aliphatic heterocycles. The molecule has 0 aliphatic carbocycles. The van der Waals surface area contributed by atoms with E-state index in [1.807, 2.05) is 31.2 Å². The van der Waals surface area contributed by atoms with Crippen LogP contribution in [0.2, 0.25) is 0 Å². The van der Waals surface area contributed by atoms with Crippen molar-refractivity contribution in [2.45, 2.75) is 44.9 Å². The van der Waals surface area contributed by atoms with Gasteiger partial charge in [-0.25, -0.2) is 0 Å². The van der Waals surface area contributed by atoms with Crippen molar-refractivity contribution in [1.29, 1.82) is 0 Å². The fraction of sp³-hybridized carbons (Fsp3) is 0.385. The van der Waals surface area contributed by atoms with Gasteiger partial charge in [-0.3, -0.25) is 0 Å². The maximum atomic E-state index is 10.4. The van der Waals surface area contributed by atoms with Crippen molar-refractivity contribution in [2.75, 3.05) is 20.3 Å². The zero-order valence-electron chi connectivity index (χ0n) is 18.4. The summed E-state index contributed by atoms with van der Waals surface area (Å²) >= 11 is 0. The van der Waals surface area contributed by atoms with Gasteiger partial charge < -0.3 is 19.9 Å². The molecule has 3 aromatic carbocycles. The lowest BCUT2D eigenvalue weighted by Crippen LogP contribution is -2.46. The van der Waals surface area contributed by atoms with Gasteiger partial charge in [-0.05, 0) is 49.6 Å². The molecule has 0 amide bonds. The minimum Gasteiger partial charge on any atom is -0.496 e. The van der Waals surface area contributed by atoms with Crippen LogP contribution >= 0.6 is 0 Å². The smallest absolute Gasteiger partial charge is 0.124 e. The number of nitrogens with one attached hydrogen (secondary N) is 1. The van der Waals surface area contributed by atoms with Crippen molar-refractivity contribution < 1.29 is 14.6 Å². The van der Waals surface area contributed by atoms with Crippen LogP contribution in [0.4, 0.5) is 0 Å². The molecule has 0 aliphatic rings. The molecule has 3 aromatic rings. The van der Waals surface area contributed by atoms with Crippen molar-refractivity contribution in [1.82, 2.24) is 5.32 Å². The van der Waals surface area contributed by atoms with E-state index in [9.17, 15) is 5.11 Å². The third-order valence-electron chi connectivity index (χ3n) is 5.39. The summed E-state index contributed by atoms with van der Waals surface area (Å²) in [6.45, 7) is 7.03. The highest BCUT2D eigenvalue weighted by atomic mass is 16.5. The number of benzene rings is 3. The number of methoxy groups -OCH3 is 1. The molecule has 0 unspecified atom stereocenters. The molecule has 0 bridgehead atoms. The number of rotatable bonds is 10. The van der Waals surface area contributed by atoms with Crippen LogP contribution in [0.3, 0.4) is 0 Å². The molecule has 0 radical (unpaired) electrons. The van der Waals surface area contributed by atoms with Gasteiger partial charge in [0.05, 0.1) is 25.9 Å². The van der Waals surface area contributed by atoms with Crippen LogP contribution in [0, 0.1) is 0 Å². The topological polar surface area (TPSA) is 50.7 Å². The van der Waals surface area contributed by atoms with Crippen LogP contribution in [-0.2, 0) is 11.2 Å². The van der Waals surface area contributed by atoms with Gasteiger partial charge in [0.2, 0.25) is 0 Å². The average Bonchev–Trinajstić information content (AvgIpc) is 2.75. The first kappa shape index (κ1) is 22.3. The lowest BCUT2D eigenvalue weighted by atomic mass is 9.93. The van der Waals surface area contributed by atoms with E-state index in [2.05, 4.69) is 61.6 Å². The summed E-state index contributed by atoms with van der Waals surface area (Å²) in [5.41, 5.74) is 2.12. The van der Waals surface area contributed by atoms with Gasteiger partial charge in [0.15, 0.2) is 0 Å². The lowest BCUT2D eigenvalue weighted by molar-refractivity contribution is -0.00494. The van der Waals surface area contributed by atoms with E-state index in [4.69, 9.17) is 9.47 Å². The number of aliphatic hydroxyl groups is 1. The molecule has 0 fully saturated rings. The van der Waals surface area contributed by atoms with Gasteiger partial charge in [0.1, 0.15) is 5.75 Å². The first-order valence-electron chi connectivity index (χ1n) is 10.5. The maximum absolute atomic E-state index is 10.4. The van der Waals surface area contributed by atoms with Crippen LogP contribution in [0.1, 0.15) is 38.0 Å². The molecular weight excluding hydrogens is 374 g/mol. The van der Waals surface area contributed by atoms with Gasteiger partial charge in [-0.1, -0.05) is 60.7 Å². The Balaban J connectivity index is 1.49. The predicted octanol–water partition coefficient (Wildman–Crippen LogP) is 4.90. The lowest BCUT2D eigenvalue weighted by Gasteiger charge is -2.28. The third kappa shape index (κ3) is 6.05. The largest absolute Gasteiger partial charge is 0.496 e. The Bertz CT molecular complexity index is 954. The number of hydrogen-bond donors (Lipinski definition) is 2. The Morgan fingerprint density at radius 1 is 0.967 bits per heavy atom. The van der Waals surface area contributed by atoms with E-state index in [1.54, 1.807) is 7.11 Å². The SMILES string of the molecule is COc1ccccc1[C@@H](C)OC[C@H](O)CNC(C)(C)Cc1ccc2ccccc2c1. The first-order chi connectivity index (χ1) is 14.4. The fourth-order valence-electron chi connectivity index (χ4n) is 3.72. The summed E-state index contributed by atoms with van der Waals surface area (Å²) in [7, 11) is 1.65. The molecule has 0 aromatic heterocycles. The van der Waals surface area contributed by atoms with Crippen LogP contribution < -0.4 is 10.1 Å². The maximum Gasteiger partial charge on any atom is 0.124 e. The van der Waals surface area contributed by atoms with Gasteiger partial charge in [0, 0.05) is 17.6 Å². The molecule has 160 valence electrons. The van der Waals surface area contributed by atoms with E-state index < -0.39 is 6.10 Å². The Kier molecular flexibility index (Phi) is 7.48. The highest BCUT2D eigenvalue weighted by Gasteiger charge is 2.20. The number of ether oxygens (including phenoxy) is 2. The summed E-state index contributed by atoms with van der Waals surface area (Å²) in [5.74, 6) is 0.800. The molecule has 3 rings (SSSR count). The van der Waals surface area contributed by atoms with Crippen molar-refractivity contribution in [3.63, 3.8) is 0 Å². The molecule has 0 saturated carbocycles. The Morgan fingerprint density at radius 3 is 2.43 bits per heavy atom. The number of fused-ring (bicyclic) bond motifs is 1. The number of β-amino-alcohol motifs (C(OH)–C–C–N with tert-alkyl or cyclic N) is 1. The summed E-state index contributed by atoms with van der Waals surface area (Å²) in [4.78, 5) is 0. The Morgan fingerprint density at radius 2 is 1.67 bits per heavy atom.